The van der Waals surface area contributed by atoms with Gasteiger partial charge in [-0.25, -0.2) is 0 Å². The van der Waals surface area contributed by atoms with Gasteiger partial charge in [-0.05, 0) is 19.8 Å². The van der Waals surface area contributed by atoms with Crippen LogP contribution in [0.5, 0.6) is 0 Å². The lowest BCUT2D eigenvalue weighted by atomic mass is 10.1. The minimum Gasteiger partial charge on any atom is -0.367 e. The summed E-state index contributed by atoms with van der Waals surface area (Å²) in [7, 11) is 0. The Morgan fingerprint density at radius 1 is 1.40 bits per heavy atom. The third kappa shape index (κ3) is 4.62. The molecule has 2 unspecified atom stereocenters. The van der Waals surface area contributed by atoms with Gasteiger partial charge in [0.05, 0.1) is 6.10 Å². The van der Waals surface area contributed by atoms with Crippen molar-refractivity contribution >= 4 is 5.91 Å². The summed E-state index contributed by atoms with van der Waals surface area (Å²) in [5.41, 5.74) is 5.98. The van der Waals surface area contributed by atoms with Gasteiger partial charge < -0.3 is 15.8 Å². The van der Waals surface area contributed by atoms with E-state index in [1.54, 1.807) is 0 Å². The third-order valence-corrected chi connectivity index (χ3v) is 2.81. The van der Waals surface area contributed by atoms with Crippen LogP contribution in [0, 0.1) is 0 Å². The second-order valence-corrected chi connectivity index (χ2v) is 4.10. The maximum Gasteiger partial charge on any atom is 0.246 e. The van der Waals surface area contributed by atoms with Crippen molar-refractivity contribution in [2.75, 3.05) is 13.2 Å². The van der Waals surface area contributed by atoms with E-state index in [2.05, 4.69) is 5.32 Å². The smallest absolute Gasteiger partial charge is 0.246 e. The molecule has 0 bridgehead atoms. The highest BCUT2D eigenvalue weighted by atomic mass is 16.5. The van der Waals surface area contributed by atoms with Crippen LogP contribution in [0.15, 0.2) is 0 Å². The maximum absolute atomic E-state index is 11.2. The van der Waals surface area contributed by atoms with Gasteiger partial charge in [-0.2, -0.15) is 0 Å². The van der Waals surface area contributed by atoms with E-state index in [0.717, 1.165) is 19.3 Å². The number of ether oxygens (including phenoxy) is 1. The van der Waals surface area contributed by atoms with Gasteiger partial charge in [0.1, 0.15) is 6.61 Å². The summed E-state index contributed by atoms with van der Waals surface area (Å²) in [5, 5.41) is 2.71. The molecule has 0 aliphatic heterocycles. The number of nitrogens with two attached hydrogens (primary N) is 1. The Kier molecular flexibility index (Phi) is 5.65. The highest BCUT2D eigenvalue weighted by molar-refractivity contribution is 5.77. The molecule has 15 heavy (non-hydrogen) atoms. The topological polar surface area (TPSA) is 64.3 Å². The Labute approximate surface area is 91.5 Å². The molecule has 0 saturated heterocycles. The normalized spacial score (nSPS) is 27.1. The van der Waals surface area contributed by atoms with Gasteiger partial charge >= 0.3 is 0 Å². The molecular weight excluding hydrogens is 192 g/mol. The molecule has 2 atom stereocenters. The lowest BCUT2D eigenvalue weighted by Crippen LogP contribution is -2.38. The van der Waals surface area contributed by atoms with Crippen LogP contribution in [0.25, 0.3) is 0 Å². The predicted octanol–water partition coefficient (Wildman–Crippen LogP) is 0.799. The van der Waals surface area contributed by atoms with E-state index in [0.29, 0.717) is 6.54 Å². The first kappa shape index (κ1) is 12.5. The largest absolute Gasteiger partial charge is 0.367 e. The number of rotatable bonds is 4. The summed E-state index contributed by atoms with van der Waals surface area (Å²) in [6.45, 7) is 2.69. The minimum atomic E-state index is -0.0473. The molecule has 1 rings (SSSR count). The fraction of sp³-hybridized carbons (Fsp3) is 0.909. The molecule has 1 amide bonds. The zero-order chi connectivity index (χ0) is 11.1. The zero-order valence-electron chi connectivity index (χ0n) is 9.50. The molecule has 1 saturated carbocycles. The Morgan fingerprint density at radius 3 is 2.87 bits per heavy atom. The summed E-state index contributed by atoms with van der Waals surface area (Å²) in [6.07, 6.45) is 5.64. The van der Waals surface area contributed by atoms with Crippen molar-refractivity contribution in [2.45, 2.75) is 51.2 Å². The Hall–Kier alpha value is -0.610. The molecule has 88 valence electrons. The molecule has 1 aliphatic rings. The number of hydrogen-bond donors (Lipinski definition) is 2. The van der Waals surface area contributed by atoms with Crippen LogP contribution in [0.3, 0.4) is 0 Å². The van der Waals surface area contributed by atoms with Crippen molar-refractivity contribution in [3.63, 3.8) is 0 Å². The van der Waals surface area contributed by atoms with Gasteiger partial charge in [0, 0.05) is 12.6 Å². The van der Waals surface area contributed by atoms with Crippen molar-refractivity contribution in [1.82, 2.24) is 5.32 Å². The van der Waals surface area contributed by atoms with Gasteiger partial charge in [0.15, 0.2) is 0 Å². The quantitative estimate of drug-likeness (QED) is 0.680. The summed E-state index contributed by atoms with van der Waals surface area (Å²) in [5.74, 6) is -0.0473. The lowest BCUT2D eigenvalue weighted by molar-refractivity contribution is -0.128. The molecule has 0 aromatic carbocycles. The Bertz CT molecular complexity index is 197. The fourth-order valence-electron chi connectivity index (χ4n) is 1.94. The monoisotopic (exact) mass is 214 g/mol. The van der Waals surface area contributed by atoms with Crippen molar-refractivity contribution in [1.29, 1.82) is 0 Å². The van der Waals surface area contributed by atoms with Crippen LogP contribution in [0.1, 0.15) is 39.0 Å². The standard InChI is InChI=1S/C11H22N2O2/c1-2-13-11(14)8-15-10-7-5-3-4-6-9(10)12/h9-10H,2-8,12H2,1H3,(H,13,14). The molecule has 0 spiro atoms. The lowest BCUT2D eigenvalue weighted by Gasteiger charge is -2.21. The SMILES string of the molecule is CCNC(=O)COC1CCCCCC1N. The molecule has 1 aliphatic carbocycles. The first-order chi connectivity index (χ1) is 7.24. The van der Waals surface area contributed by atoms with Crippen molar-refractivity contribution < 1.29 is 9.53 Å². The maximum atomic E-state index is 11.2. The number of carbonyl (C=O) groups is 1. The number of hydrogen-bond acceptors (Lipinski definition) is 3. The van der Waals surface area contributed by atoms with Gasteiger partial charge in [-0.15, -0.1) is 0 Å². The highest BCUT2D eigenvalue weighted by Crippen LogP contribution is 2.18. The van der Waals surface area contributed by atoms with E-state index in [1.807, 2.05) is 6.92 Å². The third-order valence-electron chi connectivity index (χ3n) is 2.81. The van der Waals surface area contributed by atoms with E-state index >= 15 is 0 Å². The molecular formula is C11H22N2O2. The Morgan fingerprint density at radius 2 is 2.13 bits per heavy atom. The Balaban J connectivity index is 2.25. The highest BCUT2D eigenvalue weighted by Gasteiger charge is 2.21. The van der Waals surface area contributed by atoms with Crippen LogP contribution in [0.2, 0.25) is 0 Å². The number of amides is 1. The van der Waals surface area contributed by atoms with Crippen molar-refractivity contribution in [3.05, 3.63) is 0 Å². The molecule has 3 N–H and O–H groups in total. The van der Waals surface area contributed by atoms with E-state index < -0.39 is 0 Å². The first-order valence-electron chi connectivity index (χ1n) is 5.88. The molecule has 0 heterocycles. The van der Waals surface area contributed by atoms with E-state index in [4.69, 9.17) is 10.5 Å². The number of nitrogens with one attached hydrogen (secondary N) is 1. The number of likely N-dealkylation sites (N-methyl/N-ethyl adjacent to an activating group) is 1. The number of carbonyl (C=O) groups excluding carboxylic acids is 1. The van der Waals surface area contributed by atoms with Crippen LogP contribution >= 0.6 is 0 Å². The van der Waals surface area contributed by atoms with Crippen LogP contribution in [-0.4, -0.2) is 31.2 Å². The second-order valence-electron chi connectivity index (χ2n) is 4.10. The van der Waals surface area contributed by atoms with Crippen molar-refractivity contribution in [2.24, 2.45) is 5.73 Å². The van der Waals surface area contributed by atoms with Crippen LogP contribution < -0.4 is 11.1 Å². The van der Waals surface area contributed by atoms with E-state index in [1.165, 1.54) is 12.8 Å². The molecule has 4 nitrogen and oxygen atoms in total. The van der Waals surface area contributed by atoms with Crippen molar-refractivity contribution in [3.8, 4) is 0 Å². The summed E-state index contributed by atoms with van der Waals surface area (Å²) < 4.78 is 5.55. The van der Waals surface area contributed by atoms with Gasteiger partial charge in [0.25, 0.3) is 0 Å². The van der Waals surface area contributed by atoms with Crippen LogP contribution in [0.4, 0.5) is 0 Å². The van der Waals surface area contributed by atoms with E-state index in [9.17, 15) is 4.79 Å². The summed E-state index contributed by atoms with van der Waals surface area (Å²) in [6, 6.07) is 0.0990. The van der Waals surface area contributed by atoms with Gasteiger partial charge in [0.2, 0.25) is 5.91 Å². The van der Waals surface area contributed by atoms with Gasteiger partial charge in [-0.1, -0.05) is 19.3 Å². The second kappa shape index (κ2) is 6.80. The summed E-state index contributed by atoms with van der Waals surface area (Å²) in [4.78, 5) is 11.2. The molecule has 1 fully saturated rings. The minimum absolute atomic E-state index is 0.0473. The average molecular weight is 214 g/mol. The van der Waals surface area contributed by atoms with E-state index in [-0.39, 0.29) is 24.7 Å². The molecule has 0 aromatic rings. The fourth-order valence-corrected chi connectivity index (χ4v) is 1.94. The predicted molar refractivity (Wildman–Crippen MR) is 59.5 cm³/mol. The van der Waals surface area contributed by atoms with Crippen LogP contribution in [-0.2, 0) is 9.53 Å². The first-order valence-corrected chi connectivity index (χ1v) is 5.88. The summed E-state index contributed by atoms with van der Waals surface area (Å²) >= 11 is 0. The average Bonchev–Trinajstić information content (AvgIpc) is 2.41. The molecule has 0 radical (unpaired) electrons. The van der Waals surface area contributed by atoms with Gasteiger partial charge in [-0.3, -0.25) is 4.79 Å². The zero-order valence-corrected chi connectivity index (χ0v) is 9.50. The molecule has 0 aromatic heterocycles. The molecule has 4 heteroatoms.